The van der Waals surface area contributed by atoms with E-state index in [0.29, 0.717) is 19.5 Å². The first kappa shape index (κ1) is 16.5. The van der Waals surface area contributed by atoms with Crippen molar-refractivity contribution in [3.63, 3.8) is 0 Å². The Morgan fingerprint density at radius 3 is 2.58 bits per heavy atom. The number of para-hydroxylation sites is 1. The number of hydrogen-bond acceptors (Lipinski definition) is 3. The number of hydrogen-bond donors (Lipinski definition) is 1. The van der Waals surface area contributed by atoms with Crippen LogP contribution in [0.15, 0.2) is 54.6 Å². The van der Waals surface area contributed by atoms with Crippen LogP contribution in [0.2, 0.25) is 0 Å². The standard InChI is InChI=1S/C20H24N2O2/c1-24-19-11-6-5-10-17(19)14-21-18(16-8-3-2-4-9-16)15-22-13-7-12-20(22)23/h2-6,8-11,18,21H,7,12-15H2,1H3/t18-/m0/s1. The molecule has 1 amide bonds. The van der Waals surface area contributed by atoms with Gasteiger partial charge in [-0.3, -0.25) is 4.79 Å². The first-order chi connectivity index (χ1) is 11.8. The van der Waals surface area contributed by atoms with Crippen LogP contribution in [0, 0.1) is 0 Å². The van der Waals surface area contributed by atoms with Gasteiger partial charge in [0.25, 0.3) is 0 Å². The van der Waals surface area contributed by atoms with Crippen molar-refractivity contribution in [3.05, 3.63) is 65.7 Å². The number of methoxy groups -OCH3 is 1. The Kier molecular flexibility index (Phi) is 5.49. The number of amides is 1. The van der Waals surface area contributed by atoms with Crippen LogP contribution in [0.1, 0.15) is 30.0 Å². The van der Waals surface area contributed by atoms with Gasteiger partial charge in [0, 0.05) is 31.6 Å². The van der Waals surface area contributed by atoms with Crippen LogP contribution in [-0.2, 0) is 11.3 Å². The summed E-state index contributed by atoms with van der Waals surface area (Å²) in [7, 11) is 1.69. The molecule has 0 bridgehead atoms. The summed E-state index contributed by atoms with van der Waals surface area (Å²) < 4.78 is 5.43. The van der Waals surface area contributed by atoms with Crippen LogP contribution in [-0.4, -0.2) is 31.0 Å². The molecule has 1 aliphatic heterocycles. The summed E-state index contributed by atoms with van der Waals surface area (Å²) in [5, 5.41) is 3.60. The monoisotopic (exact) mass is 324 g/mol. The number of nitrogens with zero attached hydrogens (tertiary/aromatic N) is 1. The average Bonchev–Trinajstić information content (AvgIpc) is 3.04. The molecular formula is C20H24N2O2. The van der Waals surface area contributed by atoms with Crippen LogP contribution < -0.4 is 10.1 Å². The minimum Gasteiger partial charge on any atom is -0.496 e. The Morgan fingerprint density at radius 2 is 1.88 bits per heavy atom. The molecule has 2 aromatic rings. The Bertz CT molecular complexity index is 672. The Hall–Kier alpha value is -2.33. The van der Waals surface area contributed by atoms with Crippen molar-refractivity contribution in [1.82, 2.24) is 10.2 Å². The van der Waals surface area contributed by atoms with E-state index >= 15 is 0 Å². The lowest BCUT2D eigenvalue weighted by Gasteiger charge is -2.25. The van der Waals surface area contributed by atoms with Gasteiger partial charge < -0.3 is 15.0 Å². The van der Waals surface area contributed by atoms with Gasteiger partial charge in [-0.25, -0.2) is 0 Å². The molecule has 4 heteroatoms. The molecule has 0 aliphatic carbocycles. The van der Waals surface area contributed by atoms with E-state index in [9.17, 15) is 4.79 Å². The molecule has 1 heterocycles. The van der Waals surface area contributed by atoms with Gasteiger partial charge in [0.2, 0.25) is 5.91 Å². The maximum atomic E-state index is 12.0. The molecule has 1 saturated heterocycles. The van der Waals surface area contributed by atoms with Crippen molar-refractivity contribution in [2.45, 2.75) is 25.4 Å². The number of carbonyl (C=O) groups excluding carboxylic acids is 1. The third kappa shape index (κ3) is 3.95. The van der Waals surface area contributed by atoms with E-state index in [1.165, 1.54) is 5.56 Å². The third-order valence-electron chi connectivity index (χ3n) is 4.51. The average molecular weight is 324 g/mol. The number of benzene rings is 2. The number of carbonyl (C=O) groups is 1. The van der Waals surface area contributed by atoms with Crippen molar-refractivity contribution in [3.8, 4) is 5.75 Å². The maximum Gasteiger partial charge on any atom is 0.222 e. The molecule has 1 fully saturated rings. The largest absolute Gasteiger partial charge is 0.496 e. The molecule has 2 aromatic carbocycles. The van der Waals surface area contributed by atoms with Gasteiger partial charge in [-0.05, 0) is 18.1 Å². The highest BCUT2D eigenvalue weighted by atomic mass is 16.5. The molecule has 0 unspecified atom stereocenters. The van der Waals surface area contributed by atoms with E-state index in [0.717, 1.165) is 24.3 Å². The molecule has 3 rings (SSSR count). The van der Waals surface area contributed by atoms with E-state index < -0.39 is 0 Å². The van der Waals surface area contributed by atoms with Crippen molar-refractivity contribution in [2.75, 3.05) is 20.2 Å². The molecule has 1 N–H and O–H groups in total. The van der Waals surface area contributed by atoms with E-state index in [4.69, 9.17) is 4.74 Å². The SMILES string of the molecule is COc1ccccc1CN[C@@H](CN1CCCC1=O)c1ccccc1. The Labute approximate surface area is 143 Å². The zero-order chi connectivity index (χ0) is 16.8. The molecular weight excluding hydrogens is 300 g/mol. The summed E-state index contributed by atoms with van der Waals surface area (Å²) in [6.45, 7) is 2.27. The predicted molar refractivity (Wildman–Crippen MR) is 94.8 cm³/mol. The first-order valence-electron chi connectivity index (χ1n) is 8.46. The van der Waals surface area contributed by atoms with Gasteiger partial charge in [0.05, 0.1) is 13.2 Å². The van der Waals surface area contributed by atoms with Gasteiger partial charge >= 0.3 is 0 Å². The summed E-state index contributed by atoms with van der Waals surface area (Å²) in [5.41, 5.74) is 2.32. The summed E-state index contributed by atoms with van der Waals surface area (Å²) in [6, 6.07) is 18.5. The highest BCUT2D eigenvalue weighted by Crippen LogP contribution is 2.21. The van der Waals surface area contributed by atoms with Gasteiger partial charge in [-0.2, -0.15) is 0 Å². The van der Waals surface area contributed by atoms with E-state index in [1.54, 1.807) is 7.11 Å². The van der Waals surface area contributed by atoms with Gasteiger partial charge in [-0.15, -0.1) is 0 Å². The molecule has 1 aliphatic rings. The van der Waals surface area contributed by atoms with Crippen molar-refractivity contribution in [1.29, 1.82) is 0 Å². The minimum absolute atomic E-state index is 0.109. The van der Waals surface area contributed by atoms with E-state index in [1.807, 2.05) is 41.3 Å². The molecule has 4 nitrogen and oxygen atoms in total. The van der Waals surface area contributed by atoms with Crippen LogP contribution in [0.4, 0.5) is 0 Å². The quantitative estimate of drug-likeness (QED) is 0.851. The van der Waals surface area contributed by atoms with Crippen LogP contribution in [0.25, 0.3) is 0 Å². The van der Waals surface area contributed by atoms with Crippen molar-refractivity contribution >= 4 is 5.91 Å². The second-order valence-electron chi connectivity index (χ2n) is 6.10. The van der Waals surface area contributed by atoms with Gasteiger partial charge in [0.1, 0.15) is 5.75 Å². The smallest absolute Gasteiger partial charge is 0.222 e. The lowest BCUT2D eigenvalue weighted by molar-refractivity contribution is -0.128. The van der Waals surface area contributed by atoms with E-state index in [-0.39, 0.29) is 11.9 Å². The van der Waals surface area contributed by atoms with Gasteiger partial charge in [0.15, 0.2) is 0 Å². The summed E-state index contributed by atoms with van der Waals surface area (Å²) >= 11 is 0. The lowest BCUT2D eigenvalue weighted by Crippen LogP contribution is -2.35. The fourth-order valence-electron chi connectivity index (χ4n) is 3.17. The van der Waals surface area contributed by atoms with Gasteiger partial charge in [-0.1, -0.05) is 48.5 Å². The molecule has 126 valence electrons. The third-order valence-corrected chi connectivity index (χ3v) is 4.51. The van der Waals surface area contributed by atoms with Crippen molar-refractivity contribution in [2.24, 2.45) is 0 Å². The zero-order valence-corrected chi connectivity index (χ0v) is 14.1. The fourth-order valence-corrected chi connectivity index (χ4v) is 3.17. The molecule has 0 saturated carbocycles. The zero-order valence-electron chi connectivity index (χ0n) is 14.1. The Morgan fingerprint density at radius 1 is 1.12 bits per heavy atom. The predicted octanol–water partition coefficient (Wildman–Crippen LogP) is 3.15. The number of ether oxygens (including phenoxy) is 1. The molecule has 0 aromatic heterocycles. The fraction of sp³-hybridized carbons (Fsp3) is 0.350. The Balaban J connectivity index is 1.73. The second-order valence-corrected chi connectivity index (χ2v) is 6.10. The van der Waals surface area contributed by atoms with Crippen LogP contribution in [0.5, 0.6) is 5.75 Å². The lowest BCUT2D eigenvalue weighted by atomic mass is 10.1. The summed E-state index contributed by atoms with van der Waals surface area (Å²) in [4.78, 5) is 14.0. The number of likely N-dealkylation sites (tertiary alicyclic amines) is 1. The molecule has 1 atom stereocenters. The highest BCUT2D eigenvalue weighted by Gasteiger charge is 2.24. The second kappa shape index (κ2) is 7.97. The first-order valence-corrected chi connectivity index (χ1v) is 8.46. The highest BCUT2D eigenvalue weighted by molar-refractivity contribution is 5.78. The molecule has 0 radical (unpaired) electrons. The van der Waals surface area contributed by atoms with E-state index in [2.05, 4.69) is 23.5 Å². The number of nitrogens with one attached hydrogen (secondary N) is 1. The molecule has 24 heavy (non-hydrogen) atoms. The summed E-state index contributed by atoms with van der Waals surface area (Å²) in [5.74, 6) is 1.14. The topological polar surface area (TPSA) is 41.6 Å². The minimum atomic E-state index is 0.109. The normalized spacial score (nSPS) is 15.5. The maximum absolute atomic E-state index is 12.0. The molecule has 0 spiro atoms. The summed E-state index contributed by atoms with van der Waals surface area (Å²) in [6.07, 6.45) is 1.64. The van der Waals surface area contributed by atoms with Crippen LogP contribution in [0.3, 0.4) is 0 Å². The van der Waals surface area contributed by atoms with Crippen molar-refractivity contribution < 1.29 is 9.53 Å². The number of rotatable bonds is 7. The van der Waals surface area contributed by atoms with Crippen LogP contribution >= 0.6 is 0 Å².